The number of aryl methyl sites for hydroxylation is 1. The van der Waals surface area contributed by atoms with Gasteiger partial charge in [-0.15, -0.1) is 0 Å². The summed E-state index contributed by atoms with van der Waals surface area (Å²) in [6.45, 7) is 7.75. The first-order chi connectivity index (χ1) is 17.1. The van der Waals surface area contributed by atoms with E-state index in [1.165, 1.54) is 4.31 Å². The Kier molecular flexibility index (Phi) is 7.73. The molecule has 36 heavy (non-hydrogen) atoms. The van der Waals surface area contributed by atoms with E-state index < -0.39 is 28.0 Å². The van der Waals surface area contributed by atoms with Crippen LogP contribution in [0.4, 0.5) is 0 Å². The first-order valence-electron chi connectivity index (χ1n) is 11.3. The van der Waals surface area contributed by atoms with Crippen LogP contribution in [0.15, 0.2) is 100 Å². The van der Waals surface area contributed by atoms with Crippen molar-refractivity contribution >= 4 is 49.2 Å². The minimum atomic E-state index is -4.10. The number of nitrogens with zero attached hydrogens (tertiary/aromatic N) is 1. The summed E-state index contributed by atoms with van der Waals surface area (Å²) in [5.74, 6) is -1.14. The number of rotatable bonds is 7. The zero-order valence-electron chi connectivity index (χ0n) is 19.8. The Morgan fingerprint density at radius 1 is 1.03 bits per heavy atom. The average molecular weight is 587 g/mol. The molecule has 0 radical (unpaired) electrons. The lowest BCUT2D eigenvalue weighted by molar-refractivity contribution is -0.139. The minimum absolute atomic E-state index is 0.0517. The van der Waals surface area contributed by atoms with E-state index in [1.54, 1.807) is 43.3 Å². The summed E-state index contributed by atoms with van der Waals surface area (Å²) in [5, 5.41) is 0.554. The lowest BCUT2D eigenvalue weighted by Crippen LogP contribution is -2.41. The van der Waals surface area contributed by atoms with E-state index in [9.17, 15) is 13.2 Å². The normalized spacial score (nSPS) is 17.6. The van der Waals surface area contributed by atoms with Crippen LogP contribution < -0.4 is 0 Å². The van der Waals surface area contributed by atoms with Crippen molar-refractivity contribution in [1.82, 2.24) is 4.31 Å². The molecule has 186 valence electrons. The van der Waals surface area contributed by atoms with E-state index in [-0.39, 0.29) is 17.1 Å². The number of benzene rings is 3. The molecule has 3 aromatic carbocycles. The third kappa shape index (κ3) is 5.14. The second kappa shape index (κ2) is 10.6. The fourth-order valence-electron chi connectivity index (χ4n) is 4.24. The number of sulfonamides is 1. The predicted molar refractivity (Wildman–Crippen MR) is 146 cm³/mol. The fraction of sp³-hybridized carbons (Fsp3) is 0.179. The highest BCUT2D eigenvalue weighted by Crippen LogP contribution is 2.45. The number of esters is 1. The lowest BCUT2D eigenvalue weighted by Gasteiger charge is -2.32. The van der Waals surface area contributed by atoms with Crippen LogP contribution >= 0.6 is 27.5 Å². The van der Waals surface area contributed by atoms with Crippen LogP contribution in [0.25, 0.3) is 5.70 Å². The highest BCUT2D eigenvalue weighted by atomic mass is 79.9. The summed E-state index contributed by atoms with van der Waals surface area (Å²) in [6, 6.07) is 20.2. The zero-order valence-corrected chi connectivity index (χ0v) is 23.0. The highest BCUT2D eigenvalue weighted by Gasteiger charge is 2.46. The largest absolute Gasteiger partial charge is 0.463 e. The van der Waals surface area contributed by atoms with Crippen LogP contribution in [0.1, 0.15) is 29.5 Å². The Morgan fingerprint density at radius 3 is 2.22 bits per heavy atom. The molecule has 0 aliphatic carbocycles. The maximum absolute atomic E-state index is 14.2. The number of ether oxygens (including phenoxy) is 1. The summed E-state index contributed by atoms with van der Waals surface area (Å²) in [5.41, 5.74) is 2.93. The van der Waals surface area contributed by atoms with Gasteiger partial charge in [-0.25, -0.2) is 13.2 Å². The van der Waals surface area contributed by atoms with Gasteiger partial charge < -0.3 is 4.74 Å². The molecule has 0 amide bonds. The fourth-order valence-corrected chi connectivity index (χ4v) is 6.32. The Morgan fingerprint density at radius 2 is 1.64 bits per heavy atom. The molecule has 8 heteroatoms. The van der Waals surface area contributed by atoms with Gasteiger partial charge in [0.05, 0.1) is 28.8 Å². The van der Waals surface area contributed by atoms with Crippen molar-refractivity contribution in [2.24, 2.45) is 0 Å². The van der Waals surface area contributed by atoms with Crippen LogP contribution in [-0.4, -0.2) is 31.3 Å². The molecule has 0 saturated carbocycles. The number of carbonyl (C=O) groups is 1. The van der Waals surface area contributed by atoms with Crippen molar-refractivity contribution in [2.75, 3.05) is 6.61 Å². The van der Waals surface area contributed by atoms with Gasteiger partial charge in [-0.3, -0.25) is 4.31 Å². The maximum atomic E-state index is 14.2. The molecule has 0 N–H and O–H groups in total. The second-order valence-electron chi connectivity index (χ2n) is 8.44. The molecule has 4 rings (SSSR count). The van der Waals surface area contributed by atoms with Gasteiger partial charge in [0.2, 0.25) is 0 Å². The molecular weight excluding hydrogens is 562 g/mol. The number of hydrogen-bond donors (Lipinski definition) is 0. The number of hydrogen-bond acceptors (Lipinski definition) is 4. The number of halogens is 2. The van der Waals surface area contributed by atoms with E-state index in [2.05, 4.69) is 22.5 Å². The van der Waals surface area contributed by atoms with Crippen molar-refractivity contribution in [3.63, 3.8) is 0 Å². The summed E-state index contributed by atoms with van der Waals surface area (Å²) in [6.07, 6.45) is 1.87. The topological polar surface area (TPSA) is 63.7 Å². The Labute approximate surface area is 225 Å². The molecule has 3 aromatic rings. The van der Waals surface area contributed by atoms with E-state index in [0.29, 0.717) is 16.3 Å². The summed E-state index contributed by atoms with van der Waals surface area (Å²) in [7, 11) is -4.10. The molecule has 2 atom stereocenters. The van der Waals surface area contributed by atoms with Gasteiger partial charge in [0.25, 0.3) is 10.0 Å². The molecule has 0 spiro atoms. The molecule has 0 fully saturated rings. The van der Waals surface area contributed by atoms with Crippen molar-refractivity contribution < 1.29 is 17.9 Å². The van der Waals surface area contributed by atoms with Gasteiger partial charge in [0.1, 0.15) is 0 Å². The molecule has 1 aliphatic rings. The van der Waals surface area contributed by atoms with Crippen molar-refractivity contribution in [3.8, 4) is 0 Å². The maximum Gasteiger partial charge on any atom is 0.335 e. The number of carbonyl (C=O) groups excluding carboxylic acids is 1. The van der Waals surface area contributed by atoms with Gasteiger partial charge >= 0.3 is 5.97 Å². The molecule has 5 nitrogen and oxygen atoms in total. The Balaban J connectivity index is 1.95. The quantitative estimate of drug-likeness (QED) is 0.228. The van der Waals surface area contributed by atoms with Crippen LogP contribution in [0.3, 0.4) is 0 Å². The monoisotopic (exact) mass is 585 g/mol. The van der Waals surface area contributed by atoms with E-state index in [0.717, 1.165) is 15.6 Å². The van der Waals surface area contributed by atoms with E-state index in [1.807, 2.05) is 49.4 Å². The van der Waals surface area contributed by atoms with E-state index in [4.69, 9.17) is 16.3 Å². The van der Waals surface area contributed by atoms with Crippen molar-refractivity contribution in [2.45, 2.75) is 30.7 Å². The summed E-state index contributed by atoms with van der Waals surface area (Å²) < 4.78 is 35.8. The second-order valence-corrected chi connectivity index (χ2v) is 11.6. The lowest BCUT2D eigenvalue weighted by atomic mass is 9.89. The molecular formula is C28H25BrClNO4S. The Bertz CT molecular complexity index is 1420. The van der Waals surface area contributed by atoms with Gasteiger partial charge in [-0.05, 0) is 67.4 Å². The third-order valence-corrected chi connectivity index (χ3v) is 8.63. The molecule has 0 saturated heterocycles. The van der Waals surface area contributed by atoms with Gasteiger partial charge in [0.15, 0.2) is 0 Å². The van der Waals surface area contributed by atoms with Gasteiger partial charge in [0, 0.05) is 15.4 Å². The van der Waals surface area contributed by atoms with Crippen LogP contribution in [0.5, 0.6) is 0 Å². The van der Waals surface area contributed by atoms with Gasteiger partial charge in [-0.2, -0.15) is 0 Å². The average Bonchev–Trinajstić information content (AvgIpc) is 3.26. The molecule has 1 heterocycles. The zero-order chi connectivity index (χ0) is 26.0. The van der Waals surface area contributed by atoms with Crippen molar-refractivity contribution in [1.29, 1.82) is 0 Å². The highest BCUT2D eigenvalue weighted by molar-refractivity contribution is 9.10. The summed E-state index contributed by atoms with van der Waals surface area (Å²) >= 11 is 9.56. The SMILES string of the molecule is C=C(C(=O)OCC)[C@@H]1[C@@H](c2ccc(Cl)cc2)C=C(c2ccc(Br)cc2)N1S(=O)(=O)c1ccc(C)cc1. The van der Waals surface area contributed by atoms with Crippen molar-refractivity contribution in [3.05, 3.63) is 117 Å². The van der Waals surface area contributed by atoms with E-state index >= 15 is 0 Å². The summed E-state index contributed by atoms with van der Waals surface area (Å²) in [4.78, 5) is 13.0. The molecule has 0 aromatic heterocycles. The molecule has 1 aliphatic heterocycles. The third-order valence-electron chi connectivity index (χ3n) is 6.03. The Hall–Kier alpha value is -2.87. The minimum Gasteiger partial charge on any atom is -0.463 e. The van der Waals surface area contributed by atoms with Crippen LogP contribution in [0.2, 0.25) is 5.02 Å². The predicted octanol–water partition coefficient (Wildman–Crippen LogP) is 6.73. The standard InChI is InChI=1S/C28H25BrClNO4S/c1-4-35-28(32)19(3)27-25(20-9-13-23(30)14-10-20)17-26(21-7-11-22(29)12-8-21)31(27)36(33,34)24-15-5-18(2)6-16-24/h5-17,25,27H,3-4H2,1-2H3/t25-,27-/m1/s1. The van der Waals surface area contributed by atoms with Gasteiger partial charge in [-0.1, -0.05) is 76.1 Å². The molecule has 0 bridgehead atoms. The molecule has 0 unspecified atom stereocenters. The smallest absolute Gasteiger partial charge is 0.335 e. The first-order valence-corrected chi connectivity index (χ1v) is 13.9. The van der Waals surface area contributed by atoms with Crippen LogP contribution in [0, 0.1) is 6.92 Å². The first kappa shape index (κ1) is 26.2. The van der Waals surface area contributed by atoms with Crippen LogP contribution in [-0.2, 0) is 19.6 Å².